The lowest BCUT2D eigenvalue weighted by atomic mass is 10.1. The van der Waals surface area contributed by atoms with Crippen molar-refractivity contribution < 1.29 is 0 Å². The van der Waals surface area contributed by atoms with Gasteiger partial charge in [-0.2, -0.15) is 0 Å². The van der Waals surface area contributed by atoms with E-state index < -0.39 is 0 Å². The molecule has 1 heterocycles. The van der Waals surface area contributed by atoms with Crippen LogP contribution in [0.2, 0.25) is 5.02 Å². The maximum Gasteiger partial charge on any atom is 0.129 e. The Bertz CT molecular complexity index is 569. The van der Waals surface area contributed by atoms with Crippen LogP contribution in [0.4, 0.5) is 5.82 Å². The fourth-order valence-corrected chi connectivity index (χ4v) is 2.84. The van der Waals surface area contributed by atoms with Crippen molar-refractivity contribution in [3.63, 3.8) is 0 Å². The molecule has 0 atom stereocenters. The van der Waals surface area contributed by atoms with Gasteiger partial charge in [-0.1, -0.05) is 25.4 Å². The quantitative estimate of drug-likeness (QED) is 0.851. The van der Waals surface area contributed by atoms with Gasteiger partial charge in [0.15, 0.2) is 0 Å². The first kappa shape index (κ1) is 13.6. The number of nitrogens with zero attached hydrogens (tertiary/aromatic N) is 1. The average molecular weight is 328 g/mol. The van der Waals surface area contributed by atoms with Crippen LogP contribution in [0.3, 0.4) is 0 Å². The Morgan fingerprint density at radius 1 is 1.28 bits per heavy atom. The molecule has 0 aliphatic rings. The van der Waals surface area contributed by atoms with Crippen molar-refractivity contribution in [3.05, 3.63) is 33.3 Å². The predicted molar refractivity (Wildman–Crippen MR) is 82.6 cm³/mol. The fourth-order valence-electron chi connectivity index (χ4n) is 1.92. The molecule has 2 nitrogen and oxygen atoms in total. The summed E-state index contributed by atoms with van der Waals surface area (Å²) in [5, 5.41) is 5.19. The Hall–Kier alpha value is -0.800. The lowest BCUT2D eigenvalue weighted by Crippen LogP contribution is -2.05. The van der Waals surface area contributed by atoms with Crippen molar-refractivity contribution in [1.29, 1.82) is 0 Å². The number of hydrogen-bond donors (Lipinski definition) is 1. The standard InChI is InChI=1S/C14H16BrClN2/c1-3-5-17-14-9(4-2)6-10-7-11(16)8-12(15)13(10)18-14/h6-8H,3-5H2,1-2H3,(H,17,18). The summed E-state index contributed by atoms with van der Waals surface area (Å²) in [6.07, 6.45) is 2.05. The molecule has 96 valence electrons. The minimum absolute atomic E-state index is 0.729. The third kappa shape index (κ3) is 2.78. The Labute approximate surface area is 121 Å². The zero-order valence-electron chi connectivity index (χ0n) is 10.6. The van der Waals surface area contributed by atoms with Gasteiger partial charge in [0.1, 0.15) is 5.82 Å². The second-order valence-electron chi connectivity index (χ2n) is 4.24. The molecule has 1 aromatic heterocycles. The van der Waals surface area contributed by atoms with E-state index >= 15 is 0 Å². The number of fused-ring (bicyclic) bond motifs is 1. The van der Waals surface area contributed by atoms with Gasteiger partial charge in [-0.3, -0.25) is 0 Å². The number of benzene rings is 1. The summed E-state index contributed by atoms with van der Waals surface area (Å²) in [6, 6.07) is 6.00. The van der Waals surface area contributed by atoms with Gasteiger partial charge in [0.25, 0.3) is 0 Å². The molecular formula is C14H16BrClN2. The highest BCUT2D eigenvalue weighted by atomic mass is 79.9. The van der Waals surface area contributed by atoms with E-state index in [2.05, 4.69) is 41.2 Å². The average Bonchev–Trinajstić information content (AvgIpc) is 2.35. The Morgan fingerprint density at radius 3 is 2.72 bits per heavy atom. The maximum atomic E-state index is 6.07. The summed E-state index contributed by atoms with van der Waals surface area (Å²) in [7, 11) is 0. The Morgan fingerprint density at radius 2 is 2.06 bits per heavy atom. The van der Waals surface area contributed by atoms with Crippen LogP contribution in [0.1, 0.15) is 25.8 Å². The molecule has 0 fully saturated rings. The van der Waals surface area contributed by atoms with Crippen molar-refractivity contribution in [2.24, 2.45) is 0 Å². The van der Waals surface area contributed by atoms with E-state index in [-0.39, 0.29) is 0 Å². The van der Waals surface area contributed by atoms with Crippen molar-refractivity contribution in [2.75, 3.05) is 11.9 Å². The number of nitrogens with one attached hydrogen (secondary N) is 1. The molecule has 2 rings (SSSR count). The minimum Gasteiger partial charge on any atom is -0.370 e. The maximum absolute atomic E-state index is 6.07. The Kier molecular flexibility index (Phi) is 4.46. The van der Waals surface area contributed by atoms with E-state index in [0.717, 1.165) is 45.6 Å². The second kappa shape index (κ2) is 5.89. The van der Waals surface area contributed by atoms with E-state index in [1.807, 2.05) is 12.1 Å². The van der Waals surface area contributed by atoms with Crippen LogP contribution < -0.4 is 5.32 Å². The molecule has 0 aliphatic carbocycles. The summed E-state index contributed by atoms with van der Waals surface area (Å²) in [4.78, 5) is 4.71. The van der Waals surface area contributed by atoms with Crippen molar-refractivity contribution in [1.82, 2.24) is 4.98 Å². The largest absolute Gasteiger partial charge is 0.370 e. The van der Waals surface area contributed by atoms with Crippen LogP contribution in [0.25, 0.3) is 10.9 Å². The first-order chi connectivity index (χ1) is 8.65. The molecule has 0 bridgehead atoms. The monoisotopic (exact) mass is 326 g/mol. The summed E-state index contributed by atoms with van der Waals surface area (Å²) in [5.74, 6) is 0.981. The van der Waals surface area contributed by atoms with Gasteiger partial charge in [-0.25, -0.2) is 4.98 Å². The van der Waals surface area contributed by atoms with Gasteiger partial charge in [0, 0.05) is 21.4 Å². The number of aromatic nitrogens is 1. The van der Waals surface area contributed by atoms with Gasteiger partial charge in [0.05, 0.1) is 5.52 Å². The lowest BCUT2D eigenvalue weighted by molar-refractivity contribution is 0.962. The van der Waals surface area contributed by atoms with Crippen LogP contribution in [-0.2, 0) is 6.42 Å². The van der Waals surface area contributed by atoms with E-state index in [1.54, 1.807) is 0 Å². The number of rotatable bonds is 4. The van der Waals surface area contributed by atoms with E-state index in [1.165, 1.54) is 5.56 Å². The van der Waals surface area contributed by atoms with E-state index in [9.17, 15) is 0 Å². The van der Waals surface area contributed by atoms with Gasteiger partial charge in [0.2, 0.25) is 0 Å². The van der Waals surface area contributed by atoms with Crippen molar-refractivity contribution >= 4 is 44.3 Å². The molecule has 0 saturated carbocycles. The molecule has 18 heavy (non-hydrogen) atoms. The second-order valence-corrected chi connectivity index (χ2v) is 5.53. The predicted octanol–water partition coefficient (Wildman–Crippen LogP) is 5.04. The van der Waals surface area contributed by atoms with Crippen molar-refractivity contribution in [2.45, 2.75) is 26.7 Å². The number of pyridine rings is 1. The van der Waals surface area contributed by atoms with Crippen molar-refractivity contribution in [3.8, 4) is 0 Å². The molecule has 1 N–H and O–H groups in total. The summed E-state index contributed by atoms with van der Waals surface area (Å²) in [6.45, 7) is 5.23. The lowest BCUT2D eigenvalue weighted by Gasteiger charge is -2.12. The molecule has 0 radical (unpaired) electrons. The highest BCUT2D eigenvalue weighted by Crippen LogP contribution is 2.30. The van der Waals surface area contributed by atoms with E-state index in [0.29, 0.717) is 0 Å². The molecule has 1 aromatic carbocycles. The van der Waals surface area contributed by atoms with Crippen LogP contribution in [-0.4, -0.2) is 11.5 Å². The first-order valence-corrected chi connectivity index (χ1v) is 7.35. The topological polar surface area (TPSA) is 24.9 Å². The summed E-state index contributed by atoms with van der Waals surface area (Å²) >= 11 is 9.59. The molecule has 0 aliphatic heterocycles. The molecule has 0 amide bonds. The molecule has 0 unspecified atom stereocenters. The smallest absolute Gasteiger partial charge is 0.129 e. The molecule has 4 heteroatoms. The van der Waals surface area contributed by atoms with Gasteiger partial charge >= 0.3 is 0 Å². The molecule has 0 saturated heterocycles. The summed E-state index contributed by atoms with van der Waals surface area (Å²) in [5.41, 5.74) is 2.18. The number of hydrogen-bond acceptors (Lipinski definition) is 2. The van der Waals surface area contributed by atoms with Gasteiger partial charge in [-0.15, -0.1) is 0 Å². The SMILES string of the molecule is CCCNc1nc2c(Br)cc(Cl)cc2cc1CC. The summed E-state index contributed by atoms with van der Waals surface area (Å²) < 4.78 is 0.937. The fraction of sp³-hybridized carbons (Fsp3) is 0.357. The van der Waals surface area contributed by atoms with Gasteiger partial charge in [-0.05, 0) is 52.5 Å². The van der Waals surface area contributed by atoms with Crippen LogP contribution >= 0.6 is 27.5 Å². The van der Waals surface area contributed by atoms with Crippen LogP contribution in [0.15, 0.2) is 22.7 Å². The molecule has 2 aromatic rings. The number of anilines is 1. The number of halogens is 2. The number of aryl methyl sites for hydroxylation is 1. The van der Waals surface area contributed by atoms with Crippen LogP contribution in [0, 0.1) is 0 Å². The minimum atomic E-state index is 0.729. The first-order valence-electron chi connectivity index (χ1n) is 6.18. The zero-order chi connectivity index (χ0) is 13.1. The highest BCUT2D eigenvalue weighted by molar-refractivity contribution is 9.10. The Balaban J connectivity index is 2.57. The van der Waals surface area contributed by atoms with Crippen LogP contribution in [0.5, 0.6) is 0 Å². The third-order valence-corrected chi connectivity index (χ3v) is 3.66. The van der Waals surface area contributed by atoms with Gasteiger partial charge < -0.3 is 5.32 Å². The third-order valence-electron chi connectivity index (χ3n) is 2.84. The zero-order valence-corrected chi connectivity index (χ0v) is 12.9. The van der Waals surface area contributed by atoms with E-state index in [4.69, 9.17) is 16.6 Å². The highest BCUT2D eigenvalue weighted by Gasteiger charge is 2.08. The molecule has 0 spiro atoms. The molecular weight excluding hydrogens is 312 g/mol. The normalized spacial score (nSPS) is 10.9.